The van der Waals surface area contributed by atoms with Gasteiger partial charge in [-0.3, -0.25) is 0 Å². The molecule has 0 heterocycles. The van der Waals surface area contributed by atoms with E-state index in [4.69, 9.17) is 10.5 Å². The zero-order valence-corrected chi connectivity index (χ0v) is 11.7. The molecule has 0 aromatic heterocycles. The Morgan fingerprint density at radius 1 is 1.21 bits per heavy atom. The van der Waals surface area contributed by atoms with Crippen molar-refractivity contribution in [3.05, 3.63) is 58.1 Å². The molecule has 2 N–H and O–H groups in total. The van der Waals surface area contributed by atoms with Crippen molar-refractivity contribution in [2.45, 2.75) is 13.0 Å². The van der Waals surface area contributed by atoms with Crippen molar-refractivity contribution in [1.29, 1.82) is 0 Å². The Balaban J connectivity index is 2.46. The Hall–Kier alpha value is -1.46. The summed E-state index contributed by atoms with van der Waals surface area (Å²) in [5.41, 5.74) is 6.30. The van der Waals surface area contributed by atoms with Crippen LogP contribution >= 0.6 is 15.9 Å². The van der Waals surface area contributed by atoms with Crippen LogP contribution in [-0.2, 0) is 0 Å². The Morgan fingerprint density at radius 3 is 2.63 bits per heavy atom. The standard InChI is InChI=1S/C14H12BrF2NO/c1-8(18)10-3-2-4-12(17)14(10)19-13-7-9(16)5-6-11(13)15/h2-8H,18H2,1H3. The maximum atomic E-state index is 13.8. The average molecular weight is 328 g/mol. The van der Waals surface area contributed by atoms with Crippen molar-refractivity contribution in [2.75, 3.05) is 0 Å². The first-order valence-electron chi connectivity index (χ1n) is 5.66. The van der Waals surface area contributed by atoms with Gasteiger partial charge in [-0.05, 0) is 41.1 Å². The van der Waals surface area contributed by atoms with Crippen LogP contribution in [0.25, 0.3) is 0 Å². The summed E-state index contributed by atoms with van der Waals surface area (Å²) >= 11 is 3.23. The van der Waals surface area contributed by atoms with E-state index in [1.807, 2.05) is 0 Å². The van der Waals surface area contributed by atoms with Crippen molar-refractivity contribution < 1.29 is 13.5 Å². The SMILES string of the molecule is CC(N)c1cccc(F)c1Oc1cc(F)ccc1Br. The maximum absolute atomic E-state index is 13.8. The highest BCUT2D eigenvalue weighted by molar-refractivity contribution is 9.10. The molecule has 0 spiro atoms. The van der Waals surface area contributed by atoms with E-state index in [0.29, 0.717) is 10.0 Å². The summed E-state index contributed by atoms with van der Waals surface area (Å²) in [6.07, 6.45) is 0. The van der Waals surface area contributed by atoms with Gasteiger partial charge in [0.1, 0.15) is 11.6 Å². The molecule has 19 heavy (non-hydrogen) atoms. The Kier molecular flexibility index (Phi) is 4.17. The summed E-state index contributed by atoms with van der Waals surface area (Å²) in [6.45, 7) is 1.72. The highest BCUT2D eigenvalue weighted by atomic mass is 79.9. The summed E-state index contributed by atoms with van der Waals surface area (Å²) in [6, 6.07) is 8.08. The second-order valence-electron chi connectivity index (χ2n) is 4.12. The molecule has 0 amide bonds. The van der Waals surface area contributed by atoms with Crippen LogP contribution in [-0.4, -0.2) is 0 Å². The van der Waals surface area contributed by atoms with Crippen LogP contribution in [0.15, 0.2) is 40.9 Å². The van der Waals surface area contributed by atoms with Crippen molar-refractivity contribution >= 4 is 15.9 Å². The van der Waals surface area contributed by atoms with Gasteiger partial charge in [0.15, 0.2) is 11.6 Å². The minimum Gasteiger partial charge on any atom is -0.453 e. The molecule has 0 saturated heterocycles. The van der Waals surface area contributed by atoms with Gasteiger partial charge >= 0.3 is 0 Å². The lowest BCUT2D eigenvalue weighted by molar-refractivity contribution is 0.427. The third-order valence-electron chi connectivity index (χ3n) is 2.59. The molecule has 1 atom stereocenters. The molecule has 2 aromatic carbocycles. The second kappa shape index (κ2) is 5.67. The van der Waals surface area contributed by atoms with Crippen molar-refractivity contribution in [1.82, 2.24) is 0 Å². The van der Waals surface area contributed by atoms with Gasteiger partial charge in [0.05, 0.1) is 4.47 Å². The van der Waals surface area contributed by atoms with E-state index in [9.17, 15) is 8.78 Å². The van der Waals surface area contributed by atoms with E-state index in [0.717, 1.165) is 0 Å². The third-order valence-corrected chi connectivity index (χ3v) is 3.25. The number of nitrogens with two attached hydrogens (primary N) is 1. The van der Waals surface area contributed by atoms with E-state index < -0.39 is 17.7 Å². The highest BCUT2D eigenvalue weighted by Gasteiger charge is 2.15. The summed E-state index contributed by atoms with van der Waals surface area (Å²) in [7, 11) is 0. The normalized spacial score (nSPS) is 12.3. The molecule has 0 aliphatic carbocycles. The molecule has 0 bridgehead atoms. The maximum Gasteiger partial charge on any atom is 0.167 e. The number of hydrogen-bond acceptors (Lipinski definition) is 2. The lowest BCUT2D eigenvalue weighted by atomic mass is 10.1. The van der Waals surface area contributed by atoms with Crippen molar-refractivity contribution in [2.24, 2.45) is 5.73 Å². The smallest absolute Gasteiger partial charge is 0.167 e. The molecule has 0 radical (unpaired) electrons. The molecule has 2 rings (SSSR count). The molecule has 1 unspecified atom stereocenters. The zero-order chi connectivity index (χ0) is 14.0. The molecule has 0 fully saturated rings. The van der Waals surface area contributed by atoms with Gasteiger partial charge in [-0.2, -0.15) is 0 Å². The minimum absolute atomic E-state index is 0.0174. The first kappa shape index (κ1) is 14.0. The third kappa shape index (κ3) is 3.11. The second-order valence-corrected chi connectivity index (χ2v) is 4.98. The number of para-hydroxylation sites is 1. The number of halogens is 3. The van der Waals surface area contributed by atoms with E-state index in [-0.39, 0.29) is 11.5 Å². The summed E-state index contributed by atoms with van der Waals surface area (Å²) in [5.74, 6) is -0.779. The molecule has 0 aliphatic rings. The molecule has 2 aromatic rings. The molecular formula is C14H12BrF2NO. The molecular weight excluding hydrogens is 316 g/mol. The van der Waals surface area contributed by atoms with E-state index in [1.165, 1.54) is 24.3 Å². The topological polar surface area (TPSA) is 35.2 Å². The van der Waals surface area contributed by atoms with E-state index in [1.54, 1.807) is 19.1 Å². The largest absolute Gasteiger partial charge is 0.453 e. The fourth-order valence-electron chi connectivity index (χ4n) is 1.66. The average Bonchev–Trinajstić information content (AvgIpc) is 2.35. The van der Waals surface area contributed by atoms with Gasteiger partial charge in [0.25, 0.3) is 0 Å². The molecule has 2 nitrogen and oxygen atoms in total. The summed E-state index contributed by atoms with van der Waals surface area (Å²) < 4.78 is 33.0. The fraction of sp³-hybridized carbons (Fsp3) is 0.143. The van der Waals surface area contributed by atoms with Gasteiger partial charge < -0.3 is 10.5 Å². The predicted molar refractivity (Wildman–Crippen MR) is 73.2 cm³/mol. The van der Waals surface area contributed by atoms with Crippen LogP contribution in [0.2, 0.25) is 0 Å². The van der Waals surface area contributed by atoms with Crippen LogP contribution in [0.1, 0.15) is 18.5 Å². The Bertz CT molecular complexity index is 602. The van der Waals surface area contributed by atoms with Gasteiger partial charge in [-0.1, -0.05) is 12.1 Å². The zero-order valence-electron chi connectivity index (χ0n) is 10.2. The predicted octanol–water partition coefficient (Wildman–Crippen LogP) is 4.54. The van der Waals surface area contributed by atoms with Gasteiger partial charge in [-0.25, -0.2) is 8.78 Å². The van der Waals surface area contributed by atoms with Gasteiger partial charge in [0.2, 0.25) is 0 Å². The number of rotatable bonds is 3. The molecule has 0 saturated carbocycles. The summed E-state index contributed by atoms with van der Waals surface area (Å²) in [4.78, 5) is 0. The number of hydrogen-bond donors (Lipinski definition) is 1. The van der Waals surface area contributed by atoms with E-state index >= 15 is 0 Å². The quantitative estimate of drug-likeness (QED) is 0.898. The molecule has 0 aliphatic heterocycles. The fourth-order valence-corrected chi connectivity index (χ4v) is 1.98. The minimum atomic E-state index is -0.536. The number of ether oxygens (including phenoxy) is 1. The Labute approximate surface area is 118 Å². The van der Waals surface area contributed by atoms with Crippen molar-refractivity contribution in [3.8, 4) is 11.5 Å². The van der Waals surface area contributed by atoms with Crippen LogP contribution in [0.5, 0.6) is 11.5 Å². The lowest BCUT2D eigenvalue weighted by Gasteiger charge is -2.15. The number of benzene rings is 2. The van der Waals surface area contributed by atoms with Crippen molar-refractivity contribution in [3.63, 3.8) is 0 Å². The molecule has 100 valence electrons. The first-order chi connectivity index (χ1) is 8.99. The van der Waals surface area contributed by atoms with Gasteiger partial charge in [-0.15, -0.1) is 0 Å². The lowest BCUT2D eigenvalue weighted by Crippen LogP contribution is -2.07. The highest BCUT2D eigenvalue weighted by Crippen LogP contribution is 2.35. The summed E-state index contributed by atoms with van der Waals surface area (Å²) in [5, 5.41) is 0. The van der Waals surface area contributed by atoms with Gasteiger partial charge in [0, 0.05) is 17.7 Å². The molecule has 5 heteroatoms. The van der Waals surface area contributed by atoms with Crippen LogP contribution in [0, 0.1) is 11.6 Å². The first-order valence-corrected chi connectivity index (χ1v) is 6.45. The van der Waals surface area contributed by atoms with E-state index in [2.05, 4.69) is 15.9 Å². The van der Waals surface area contributed by atoms with Crippen LogP contribution < -0.4 is 10.5 Å². The van der Waals surface area contributed by atoms with Crippen LogP contribution in [0.3, 0.4) is 0 Å². The Morgan fingerprint density at radius 2 is 1.95 bits per heavy atom. The van der Waals surface area contributed by atoms with Crippen LogP contribution in [0.4, 0.5) is 8.78 Å². The monoisotopic (exact) mass is 327 g/mol.